The second-order valence-electron chi connectivity index (χ2n) is 8.32. The zero-order valence-electron chi connectivity index (χ0n) is 17.3. The molecule has 0 radical (unpaired) electrons. The van der Waals surface area contributed by atoms with Crippen LogP contribution in [0.15, 0.2) is 28.8 Å². The SMILES string of the molecule is CCCCc1ccc(NC(=O)N2C[C@H](c3nc(C)no3)C3(CCOCC3)C2)cc1. The van der Waals surface area contributed by atoms with Crippen molar-refractivity contribution in [3.63, 3.8) is 0 Å². The van der Waals surface area contributed by atoms with Crippen LogP contribution in [0.3, 0.4) is 0 Å². The van der Waals surface area contributed by atoms with E-state index >= 15 is 0 Å². The van der Waals surface area contributed by atoms with Crippen LogP contribution >= 0.6 is 0 Å². The number of aryl methyl sites for hydroxylation is 2. The molecule has 0 bridgehead atoms. The number of amides is 2. The standard InChI is InChI=1S/C22H30N4O3/c1-3-4-5-17-6-8-18(9-7-17)24-21(27)26-14-19(20-23-16(2)25-29-20)22(15-26)10-12-28-13-11-22/h6-9,19H,3-5,10-15H2,1-2H3,(H,24,27)/t19-/m1/s1. The van der Waals surface area contributed by atoms with E-state index in [1.54, 1.807) is 0 Å². The summed E-state index contributed by atoms with van der Waals surface area (Å²) in [7, 11) is 0. The Morgan fingerprint density at radius 3 is 2.69 bits per heavy atom. The lowest BCUT2D eigenvalue weighted by atomic mass is 9.72. The van der Waals surface area contributed by atoms with Crippen molar-refractivity contribution in [2.75, 3.05) is 31.6 Å². The summed E-state index contributed by atoms with van der Waals surface area (Å²) in [6, 6.07) is 8.10. The molecule has 2 fully saturated rings. The van der Waals surface area contributed by atoms with Gasteiger partial charge in [-0.3, -0.25) is 0 Å². The highest BCUT2D eigenvalue weighted by Gasteiger charge is 2.51. The van der Waals surface area contributed by atoms with Crippen molar-refractivity contribution < 1.29 is 14.1 Å². The van der Waals surface area contributed by atoms with Crippen LogP contribution in [-0.2, 0) is 11.2 Å². The molecule has 0 saturated carbocycles. The molecule has 2 aliphatic rings. The van der Waals surface area contributed by atoms with E-state index in [9.17, 15) is 4.79 Å². The van der Waals surface area contributed by atoms with E-state index in [0.29, 0.717) is 38.0 Å². The molecule has 2 aliphatic heterocycles. The molecule has 29 heavy (non-hydrogen) atoms. The smallest absolute Gasteiger partial charge is 0.321 e. The maximum Gasteiger partial charge on any atom is 0.321 e. The van der Waals surface area contributed by atoms with Crippen LogP contribution in [0.2, 0.25) is 0 Å². The second kappa shape index (κ2) is 8.53. The minimum absolute atomic E-state index is 0.0507. The van der Waals surface area contributed by atoms with Gasteiger partial charge in [0.25, 0.3) is 0 Å². The van der Waals surface area contributed by atoms with Gasteiger partial charge in [0.15, 0.2) is 5.82 Å². The second-order valence-corrected chi connectivity index (χ2v) is 8.32. The fourth-order valence-corrected chi connectivity index (χ4v) is 4.54. The molecule has 1 aromatic heterocycles. The Hall–Kier alpha value is -2.41. The van der Waals surface area contributed by atoms with Crippen LogP contribution in [0, 0.1) is 12.3 Å². The number of anilines is 1. The zero-order valence-corrected chi connectivity index (χ0v) is 17.3. The predicted molar refractivity (Wildman–Crippen MR) is 110 cm³/mol. The molecule has 4 rings (SSSR count). The lowest BCUT2D eigenvalue weighted by Gasteiger charge is -2.36. The van der Waals surface area contributed by atoms with Gasteiger partial charge in [0, 0.05) is 37.4 Å². The molecule has 3 heterocycles. The van der Waals surface area contributed by atoms with Gasteiger partial charge in [0.1, 0.15) is 0 Å². The van der Waals surface area contributed by atoms with Gasteiger partial charge in [0.2, 0.25) is 5.89 Å². The topological polar surface area (TPSA) is 80.5 Å². The van der Waals surface area contributed by atoms with Gasteiger partial charge >= 0.3 is 6.03 Å². The quantitative estimate of drug-likeness (QED) is 0.818. The lowest BCUT2D eigenvalue weighted by molar-refractivity contribution is 0.00959. The molecule has 2 amide bonds. The molecule has 1 aromatic carbocycles. The number of ether oxygens (including phenoxy) is 1. The van der Waals surface area contributed by atoms with E-state index in [-0.39, 0.29) is 17.4 Å². The number of aromatic nitrogens is 2. The van der Waals surface area contributed by atoms with E-state index in [1.165, 1.54) is 18.4 Å². The van der Waals surface area contributed by atoms with Crippen LogP contribution in [-0.4, -0.2) is 47.4 Å². The fourth-order valence-electron chi connectivity index (χ4n) is 4.54. The van der Waals surface area contributed by atoms with Crippen molar-refractivity contribution >= 4 is 11.7 Å². The predicted octanol–water partition coefficient (Wildman–Crippen LogP) is 4.15. The Labute approximate surface area is 171 Å². The number of unbranched alkanes of at least 4 members (excludes halogenated alkanes) is 1. The van der Waals surface area contributed by atoms with Crippen molar-refractivity contribution in [3.05, 3.63) is 41.5 Å². The normalized spacial score (nSPS) is 20.9. The van der Waals surface area contributed by atoms with E-state index in [0.717, 1.165) is 24.9 Å². The molecule has 2 saturated heterocycles. The number of urea groups is 1. The third kappa shape index (κ3) is 4.29. The average molecular weight is 399 g/mol. The molecular formula is C22H30N4O3. The number of hydrogen-bond donors (Lipinski definition) is 1. The summed E-state index contributed by atoms with van der Waals surface area (Å²) in [5, 5.41) is 7.03. The minimum Gasteiger partial charge on any atom is -0.381 e. The Balaban J connectivity index is 1.46. The van der Waals surface area contributed by atoms with Gasteiger partial charge < -0.3 is 19.5 Å². The first-order valence-electron chi connectivity index (χ1n) is 10.6. The summed E-state index contributed by atoms with van der Waals surface area (Å²) >= 11 is 0. The maximum absolute atomic E-state index is 13.0. The number of rotatable bonds is 5. The van der Waals surface area contributed by atoms with Gasteiger partial charge in [-0.1, -0.05) is 30.6 Å². The maximum atomic E-state index is 13.0. The molecule has 156 valence electrons. The number of carbonyl (C=O) groups excluding carboxylic acids is 1. The third-order valence-corrected chi connectivity index (χ3v) is 6.29. The summed E-state index contributed by atoms with van der Waals surface area (Å²) in [4.78, 5) is 19.4. The average Bonchev–Trinajstić information content (AvgIpc) is 3.32. The summed E-state index contributed by atoms with van der Waals surface area (Å²) in [5.41, 5.74) is 2.07. The minimum atomic E-state index is -0.0732. The van der Waals surface area contributed by atoms with E-state index < -0.39 is 0 Å². The van der Waals surface area contributed by atoms with Crippen LogP contribution in [0.25, 0.3) is 0 Å². The van der Waals surface area contributed by atoms with Gasteiger partial charge in [0.05, 0.1) is 5.92 Å². The van der Waals surface area contributed by atoms with Crippen LogP contribution in [0.4, 0.5) is 10.5 Å². The summed E-state index contributed by atoms with van der Waals surface area (Å²) in [6.07, 6.45) is 5.24. The van der Waals surface area contributed by atoms with Gasteiger partial charge in [-0.25, -0.2) is 4.79 Å². The first-order valence-corrected chi connectivity index (χ1v) is 10.6. The Morgan fingerprint density at radius 1 is 1.28 bits per heavy atom. The molecule has 0 aliphatic carbocycles. The van der Waals surface area contributed by atoms with Crippen molar-refractivity contribution in [1.29, 1.82) is 0 Å². The van der Waals surface area contributed by atoms with E-state index in [4.69, 9.17) is 9.26 Å². The summed E-state index contributed by atoms with van der Waals surface area (Å²) in [5.74, 6) is 1.32. The molecule has 1 N–H and O–H groups in total. The summed E-state index contributed by atoms with van der Waals surface area (Å²) < 4.78 is 11.1. The summed E-state index contributed by atoms with van der Waals surface area (Å²) in [6.45, 7) is 6.70. The number of nitrogens with zero attached hydrogens (tertiary/aromatic N) is 3. The largest absolute Gasteiger partial charge is 0.381 e. The monoisotopic (exact) mass is 398 g/mol. The van der Waals surface area contributed by atoms with Crippen molar-refractivity contribution in [2.24, 2.45) is 5.41 Å². The Kier molecular flexibility index (Phi) is 5.85. The van der Waals surface area contributed by atoms with Gasteiger partial charge in [-0.05, 0) is 50.3 Å². The van der Waals surface area contributed by atoms with Crippen molar-refractivity contribution in [2.45, 2.75) is 51.9 Å². The first-order chi connectivity index (χ1) is 14.1. The molecular weight excluding hydrogens is 368 g/mol. The fraction of sp³-hybridized carbons (Fsp3) is 0.591. The van der Waals surface area contributed by atoms with Crippen LogP contribution in [0.5, 0.6) is 0 Å². The Bertz CT molecular complexity index is 827. The van der Waals surface area contributed by atoms with Crippen LogP contribution in [0.1, 0.15) is 55.8 Å². The lowest BCUT2D eigenvalue weighted by Crippen LogP contribution is -2.38. The molecule has 7 heteroatoms. The van der Waals surface area contributed by atoms with Crippen molar-refractivity contribution in [3.8, 4) is 0 Å². The highest BCUT2D eigenvalue weighted by atomic mass is 16.5. The van der Waals surface area contributed by atoms with Crippen molar-refractivity contribution in [1.82, 2.24) is 15.0 Å². The zero-order chi connectivity index (χ0) is 20.3. The highest BCUT2D eigenvalue weighted by Crippen LogP contribution is 2.49. The van der Waals surface area contributed by atoms with E-state index in [1.807, 2.05) is 24.0 Å². The number of nitrogens with one attached hydrogen (secondary N) is 1. The number of carbonyl (C=O) groups is 1. The Morgan fingerprint density at radius 2 is 2.03 bits per heavy atom. The van der Waals surface area contributed by atoms with E-state index in [2.05, 4.69) is 34.5 Å². The molecule has 1 spiro atoms. The highest BCUT2D eigenvalue weighted by molar-refractivity contribution is 5.89. The first kappa shape index (κ1) is 19.9. The van der Waals surface area contributed by atoms with Crippen LogP contribution < -0.4 is 5.32 Å². The third-order valence-electron chi connectivity index (χ3n) is 6.29. The molecule has 2 aromatic rings. The molecule has 7 nitrogen and oxygen atoms in total. The van der Waals surface area contributed by atoms with Gasteiger partial charge in [-0.2, -0.15) is 4.98 Å². The number of hydrogen-bond acceptors (Lipinski definition) is 5. The molecule has 1 atom stereocenters. The number of likely N-dealkylation sites (tertiary alicyclic amines) is 1. The number of benzene rings is 1. The van der Waals surface area contributed by atoms with Gasteiger partial charge in [-0.15, -0.1) is 0 Å². The molecule has 0 unspecified atom stereocenters.